The minimum absolute atomic E-state index is 0.358. The largest absolute Gasteiger partial charge is 0.416 e. The molecule has 1 heterocycles. The Morgan fingerprint density at radius 2 is 1.61 bits per heavy atom. The first-order valence-electron chi connectivity index (χ1n) is 8.59. The van der Waals surface area contributed by atoms with Gasteiger partial charge in [-0.3, -0.25) is 4.98 Å². The summed E-state index contributed by atoms with van der Waals surface area (Å²) in [5.41, 5.74) is 9.51. The maximum atomic E-state index is 13.0. The SMILES string of the molecule is Nc1cccc(-c2ccc3nccc(Nc4cccc(C(F)(F)F)c4)c3c2)c1. The maximum Gasteiger partial charge on any atom is 0.416 e. The van der Waals surface area contributed by atoms with Gasteiger partial charge in [0, 0.05) is 28.6 Å². The number of aromatic nitrogens is 1. The Hall–Kier alpha value is -3.54. The van der Waals surface area contributed by atoms with Gasteiger partial charge in [0.05, 0.1) is 11.1 Å². The fourth-order valence-electron chi connectivity index (χ4n) is 3.08. The number of hydrogen-bond acceptors (Lipinski definition) is 3. The summed E-state index contributed by atoms with van der Waals surface area (Å²) in [6, 6.07) is 20.2. The van der Waals surface area contributed by atoms with Crippen molar-refractivity contribution in [3.63, 3.8) is 0 Å². The standard InChI is InChI=1S/C22H16F3N3/c23-22(24,25)16-4-2-6-18(13-16)28-21-9-10-27-20-8-7-15(12-19(20)21)14-3-1-5-17(26)11-14/h1-13H,26H2,(H,27,28). The molecule has 0 spiro atoms. The average Bonchev–Trinajstić information content (AvgIpc) is 2.67. The van der Waals surface area contributed by atoms with Crippen LogP contribution in [0.25, 0.3) is 22.0 Å². The summed E-state index contributed by atoms with van der Waals surface area (Å²) >= 11 is 0. The molecule has 0 saturated heterocycles. The molecule has 140 valence electrons. The van der Waals surface area contributed by atoms with Gasteiger partial charge in [-0.15, -0.1) is 0 Å². The predicted molar refractivity (Wildman–Crippen MR) is 106 cm³/mol. The number of pyridine rings is 1. The van der Waals surface area contributed by atoms with Crippen LogP contribution in [0.5, 0.6) is 0 Å². The van der Waals surface area contributed by atoms with Gasteiger partial charge in [-0.25, -0.2) is 0 Å². The molecule has 28 heavy (non-hydrogen) atoms. The van der Waals surface area contributed by atoms with Crippen molar-refractivity contribution in [2.45, 2.75) is 6.18 Å². The summed E-state index contributed by atoms with van der Waals surface area (Å²) in [4.78, 5) is 4.35. The minimum Gasteiger partial charge on any atom is -0.399 e. The second kappa shape index (κ2) is 6.88. The van der Waals surface area contributed by atoms with Crippen molar-refractivity contribution in [1.29, 1.82) is 0 Å². The van der Waals surface area contributed by atoms with Gasteiger partial charge in [0.15, 0.2) is 0 Å². The summed E-state index contributed by atoms with van der Waals surface area (Å²) in [6.45, 7) is 0. The predicted octanol–water partition coefficient (Wildman–Crippen LogP) is 6.25. The Kier molecular flexibility index (Phi) is 4.39. The van der Waals surface area contributed by atoms with E-state index in [1.54, 1.807) is 18.3 Å². The fourth-order valence-corrected chi connectivity index (χ4v) is 3.08. The molecule has 3 N–H and O–H groups in total. The van der Waals surface area contributed by atoms with Gasteiger partial charge >= 0.3 is 6.18 Å². The quantitative estimate of drug-likeness (QED) is 0.414. The molecule has 1 aromatic heterocycles. The van der Waals surface area contributed by atoms with E-state index in [0.717, 1.165) is 34.2 Å². The van der Waals surface area contributed by atoms with Crippen LogP contribution in [0.4, 0.5) is 30.2 Å². The average molecular weight is 379 g/mol. The third-order valence-electron chi connectivity index (χ3n) is 4.43. The number of hydrogen-bond donors (Lipinski definition) is 2. The van der Waals surface area contributed by atoms with Crippen molar-refractivity contribution >= 4 is 28.0 Å². The van der Waals surface area contributed by atoms with Crippen LogP contribution >= 0.6 is 0 Å². The Morgan fingerprint density at radius 3 is 2.39 bits per heavy atom. The van der Waals surface area contributed by atoms with E-state index in [-0.39, 0.29) is 0 Å². The molecule has 0 amide bonds. The van der Waals surface area contributed by atoms with Crippen molar-refractivity contribution in [3.8, 4) is 11.1 Å². The van der Waals surface area contributed by atoms with E-state index in [9.17, 15) is 13.2 Å². The molecule has 4 aromatic rings. The molecule has 0 unspecified atom stereocenters. The van der Waals surface area contributed by atoms with Crippen molar-refractivity contribution < 1.29 is 13.2 Å². The lowest BCUT2D eigenvalue weighted by Gasteiger charge is -2.13. The van der Waals surface area contributed by atoms with E-state index >= 15 is 0 Å². The number of rotatable bonds is 3. The number of benzene rings is 3. The highest BCUT2D eigenvalue weighted by Gasteiger charge is 2.30. The summed E-state index contributed by atoms with van der Waals surface area (Å²) in [7, 11) is 0. The summed E-state index contributed by atoms with van der Waals surface area (Å²) in [5.74, 6) is 0. The lowest BCUT2D eigenvalue weighted by Crippen LogP contribution is -2.05. The number of anilines is 3. The van der Waals surface area contributed by atoms with Gasteiger partial charge in [0.2, 0.25) is 0 Å². The summed E-state index contributed by atoms with van der Waals surface area (Å²) in [5, 5.41) is 3.89. The molecular weight excluding hydrogens is 363 g/mol. The molecule has 0 fully saturated rings. The van der Waals surface area contributed by atoms with Crippen LogP contribution < -0.4 is 11.1 Å². The van der Waals surface area contributed by atoms with Crippen LogP contribution in [0, 0.1) is 0 Å². The zero-order valence-corrected chi connectivity index (χ0v) is 14.7. The number of halogens is 3. The number of nitrogen functional groups attached to an aromatic ring is 1. The van der Waals surface area contributed by atoms with Crippen LogP contribution in [0.2, 0.25) is 0 Å². The Bertz CT molecular complexity index is 1150. The molecule has 4 rings (SSSR count). The van der Waals surface area contributed by atoms with E-state index in [0.29, 0.717) is 17.1 Å². The Morgan fingerprint density at radius 1 is 0.821 bits per heavy atom. The smallest absolute Gasteiger partial charge is 0.399 e. The van der Waals surface area contributed by atoms with Crippen LogP contribution in [-0.4, -0.2) is 4.98 Å². The monoisotopic (exact) mass is 379 g/mol. The normalized spacial score (nSPS) is 11.5. The highest BCUT2D eigenvalue weighted by atomic mass is 19.4. The van der Waals surface area contributed by atoms with E-state index in [1.165, 1.54) is 6.07 Å². The van der Waals surface area contributed by atoms with Crippen LogP contribution in [0.3, 0.4) is 0 Å². The highest BCUT2D eigenvalue weighted by molar-refractivity contribution is 5.95. The van der Waals surface area contributed by atoms with Gasteiger partial charge in [-0.1, -0.05) is 24.3 Å². The van der Waals surface area contributed by atoms with Gasteiger partial charge in [0.25, 0.3) is 0 Å². The fraction of sp³-hybridized carbons (Fsp3) is 0.0455. The molecule has 0 aliphatic rings. The third-order valence-corrected chi connectivity index (χ3v) is 4.43. The summed E-state index contributed by atoms with van der Waals surface area (Å²) in [6.07, 6.45) is -2.77. The number of alkyl halides is 3. The van der Waals surface area contributed by atoms with Gasteiger partial charge in [0.1, 0.15) is 0 Å². The van der Waals surface area contributed by atoms with Crippen LogP contribution in [0.15, 0.2) is 79.0 Å². The maximum absolute atomic E-state index is 13.0. The zero-order valence-electron chi connectivity index (χ0n) is 14.7. The van der Waals surface area contributed by atoms with E-state index in [4.69, 9.17) is 5.73 Å². The van der Waals surface area contributed by atoms with E-state index in [1.807, 2.05) is 42.5 Å². The number of fused-ring (bicyclic) bond motifs is 1. The van der Waals surface area contributed by atoms with E-state index < -0.39 is 11.7 Å². The van der Waals surface area contributed by atoms with Crippen molar-refractivity contribution in [2.24, 2.45) is 0 Å². The van der Waals surface area contributed by atoms with Crippen molar-refractivity contribution in [3.05, 3.63) is 84.6 Å². The Labute approximate surface area is 159 Å². The first kappa shape index (κ1) is 17.9. The zero-order chi connectivity index (χ0) is 19.7. The molecule has 3 nitrogen and oxygen atoms in total. The lowest BCUT2D eigenvalue weighted by atomic mass is 10.0. The van der Waals surface area contributed by atoms with Gasteiger partial charge < -0.3 is 11.1 Å². The number of nitrogens with zero attached hydrogens (tertiary/aromatic N) is 1. The molecule has 0 saturated carbocycles. The lowest BCUT2D eigenvalue weighted by molar-refractivity contribution is -0.137. The number of nitrogens with two attached hydrogens (primary N) is 1. The molecule has 0 atom stereocenters. The molecule has 6 heteroatoms. The minimum atomic E-state index is -4.39. The highest BCUT2D eigenvalue weighted by Crippen LogP contribution is 2.33. The molecule has 0 aliphatic heterocycles. The molecule has 0 bridgehead atoms. The molecule has 3 aromatic carbocycles. The third kappa shape index (κ3) is 3.62. The first-order chi connectivity index (χ1) is 13.4. The van der Waals surface area contributed by atoms with Crippen molar-refractivity contribution in [1.82, 2.24) is 4.98 Å². The topological polar surface area (TPSA) is 50.9 Å². The Balaban J connectivity index is 1.76. The van der Waals surface area contributed by atoms with Crippen LogP contribution in [-0.2, 0) is 6.18 Å². The van der Waals surface area contributed by atoms with Gasteiger partial charge in [-0.05, 0) is 59.7 Å². The first-order valence-corrected chi connectivity index (χ1v) is 8.59. The second-order valence-corrected chi connectivity index (χ2v) is 6.42. The molecule has 0 radical (unpaired) electrons. The van der Waals surface area contributed by atoms with Gasteiger partial charge in [-0.2, -0.15) is 13.2 Å². The second-order valence-electron chi connectivity index (χ2n) is 6.42. The van der Waals surface area contributed by atoms with Crippen LogP contribution in [0.1, 0.15) is 5.56 Å². The molecular formula is C22H16F3N3. The summed E-state index contributed by atoms with van der Waals surface area (Å²) < 4.78 is 39.0. The van der Waals surface area contributed by atoms with E-state index in [2.05, 4.69) is 10.3 Å². The van der Waals surface area contributed by atoms with Crippen molar-refractivity contribution in [2.75, 3.05) is 11.1 Å². The number of nitrogens with one attached hydrogen (secondary N) is 1. The molecule has 0 aliphatic carbocycles.